The zero-order valence-corrected chi connectivity index (χ0v) is 10.3. The molecule has 0 bridgehead atoms. The summed E-state index contributed by atoms with van der Waals surface area (Å²) in [5.41, 5.74) is 4.37. The van der Waals surface area contributed by atoms with Crippen molar-refractivity contribution in [3.63, 3.8) is 0 Å². The van der Waals surface area contributed by atoms with E-state index in [-0.39, 0.29) is 0 Å². The minimum absolute atomic E-state index is 0.416. The molecule has 6 nitrogen and oxygen atoms in total. The molecule has 1 unspecified atom stereocenters. The van der Waals surface area contributed by atoms with Crippen LogP contribution in [0.3, 0.4) is 0 Å². The highest BCUT2D eigenvalue weighted by atomic mass is 19.1. The van der Waals surface area contributed by atoms with Gasteiger partial charge in [0.25, 0.3) is 0 Å². The number of ether oxygens (including phenoxy) is 1. The van der Waals surface area contributed by atoms with Crippen molar-refractivity contribution in [3.05, 3.63) is 23.7 Å². The van der Waals surface area contributed by atoms with Gasteiger partial charge in [0.1, 0.15) is 17.6 Å². The number of halogens is 1. The Morgan fingerprint density at radius 1 is 1.50 bits per heavy atom. The van der Waals surface area contributed by atoms with Gasteiger partial charge < -0.3 is 15.6 Å². The smallest absolute Gasteiger partial charge is 0.416 e. The average molecular weight is 258 g/mol. The molecular weight excluding hydrogens is 243 g/mol. The van der Waals surface area contributed by atoms with Crippen LogP contribution in [0.4, 0.5) is 9.18 Å². The minimum atomic E-state index is -1.39. The van der Waals surface area contributed by atoms with Gasteiger partial charge in [-0.25, -0.2) is 14.0 Å². The van der Waals surface area contributed by atoms with Crippen molar-refractivity contribution in [1.29, 1.82) is 0 Å². The number of carboxylic acid groups (broad SMARTS) is 1. The van der Waals surface area contributed by atoms with E-state index in [1.165, 1.54) is 0 Å². The molecule has 1 aliphatic heterocycles. The molecule has 1 amide bonds. The molecule has 7 heteroatoms. The molecule has 18 heavy (non-hydrogen) atoms. The van der Waals surface area contributed by atoms with E-state index in [1.54, 1.807) is 20.8 Å². The van der Waals surface area contributed by atoms with Crippen LogP contribution in [0.15, 0.2) is 23.7 Å². The summed E-state index contributed by atoms with van der Waals surface area (Å²) in [7, 11) is 0. The maximum Gasteiger partial charge on any atom is 0.416 e. The van der Waals surface area contributed by atoms with Gasteiger partial charge in [0, 0.05) is 6.20 Å². The maximum absolute atomic E-state index is 13.2. The molecule has 100 valence electrons. The first-order valence-electron chi connectivity index (χ1n) is 5.21. The summed E-state index contributed by atoms with van der Waals surface area (Å²) >= 11 is 0. The highest BCUT2D eigenvalue weighted by molar-refractivity contribution is 5.90. The van der Waals surface area contributed by atoms with Gasteiger partial charge in [-0.1, -0.05) is 0 Å². The lowest BCUT2D eigenvalue weighted by atomic mass is 10.1. The van der Waals surface area contributed by atoms with Crippen LogP contribution in [0.5, 0.6) is 0 Å². The van der Waals surface area contributed by atoms with Crippen molar-refractivity contribution < 1.29 is 23.8 Å². The summed E-state index contributed by atoms with van der Waals surface area (Å²) in [6, 6.07) is 0. The van der Waals surface area contributed by atoms with Crippen molar-refractivity contribution in [1.82, 2.24) is 4.90 Å². The van der Waals surface area contributed by atoms with Crippen LogP contribution in [0, 0.1) is 0 Å². The quantitative estimate of drug-likeness (QED) is 0.740. The van der Waals surface area contributed by atoms with Gasteiger partial charge in [0.15, 0.2) is 0 Å². The van der Waals surface area contributed by atoms with Gasteiger partial charge in [0.05, 0.1) is 5.57 Å². The Morgan fingerprint density at radius 3 is 2.50 bits per heavy atom. The summed E-state index contributed by atoms with van der Waals surface area (Å²) in [6.07, 6.45) is -0.604. The first kappa shape index (κ1) is 14.2. The summed E-state index contributed by atoms with van der Waals surface area (Å²) in [5.74, 6) is -2.26. The van der Waals surface area contributed by atoms with Gasteiger partial charge in [-0.3, -0.25) is 4.90 Å². The fraction of sp³-hybridized carbons (Fsp3) is 0.455. The fourth-order valence-corrected chi connectivity index (χ4v) is 1.30. The molecule has 1 aliphatic rings. The molecular formula is C11H15FN2O4. The van der Waals surface area contributed by atoms with E-state index < -0.39 is 35.2 Å². The van der Waals surface area contributed by atoms with Gasteiger partial charge in [-0.15, -0.1) is 0 Å². The van der Waals surface area contributed by atoms with Crippen LogP contribution in [0.25, 0.3) is 0 Å². The first-order valence-corrected chi connectivity index (χ1v) is 5.21. The third-order valence-electron chi connectivity index (χ3n) is 2.03. The van der Waals surface area contributed by atoms with Gasteiger partial charge in [-0.2, -0.15) is 0 Å². The van der Waals surface area contributed by atoms with Gasteiger partial charge in [0.2, 0.25) is 0 Å². The normalized spacial score (nSPS) is 20.1. The second kappa shape index (κ2) is 4.77. The average Bonchev–Trinajstić information content (AvgIpc) is 2.17. The van der Waals surface area contributed by atoms with E-state index in [2.05, 4.69) is 0 Å². The Balaban J connectivity index is 2.95. The number of aliphatic carboxylic acids is 1. The van der Waals surface area contributed by atoms with E-state index in [0.29, 0.717) is 4.90 Å². The highest BCUT2D eigenvalue weighted by Crippen LogP contribution is 2.21. The largest absolute Gasteiger partial charge is 0.478 e. The van der Waals surface area contributed by atoms with Crippen LogP contribution >= 0.6 is 0 Å². The number of rotatable bonds is 1. The Hall–Kier alpha value is -1.89. The van der Waals surface area contributed by atoms with E-state index in [9.17, 15) is 14.0 Å². The number of amides is 1. The first-order chi connectivity index (χ1) is 8.11. The van der Waals surface area contributed by atoms with Crippen LogP contribution in [-0.2, 0) is 9.53 Å². The number of carboxylic acids is 1. The molecule has 1 atom stereocenters. The Bertz CT molecular complexity index is 437. The zero-order chi connectivity index (χ0) is 14.1. The minimum Gasteiger partial charge on any atom is -0.478 e. The summed E-state index contributed by atoms with van der Waals surface area (Å²) in [4.78, 5) is 23.3. The summed E-state index contributed by atoms with van der Waals surface area (Å²) in [5, 5.41) is 8.84. The molecule has 0 fully saturated rings. The second-order valence-electron chi connectivity index (χ2n) is 4.75. The van der Waals surface area contributed by atoms with Crippen LogP contribution in [-0.4, -0.2) is 33.8 Å². The number of nitrogens with two attached hydrogens (primary N) is 1. The highest BCUT2D eigenvalue weighted by Gasteiger charge is 2.32. The van der Waals surface area contributed by atoms with Gasteiger partial charge in [-0.05, 0) is 26.8 Å². The zero-order valence-electron chi connectivity index (χ0n) is 10.3. The summed E-state index contributed by atoms with van der Waals surface area (Å²) in [6.45, 7) is 4.90. The number of hydrogen-bond acceptors (Lipinski definition) is 4. The third kappa shape index (κ3) is 3.30. The monoisotopic (exact) mass is 258 g/mol. The molecule has 3 N–H and O–H groups in total. The molecule has 0 radical (unpaired) electrons. The number of hydrogen-bond donors (Lipinski definition) is 2. The van der Waals surface area contributed by atoms with Crippen LogP contribution in [0.2, 0.25) is 0 Å². The standard InChI is InChI=1S/C11H15FN2O4/c1-11(2,3)18-10(17)14-5-6(12)4-7(8(14)13)9(15)16/h4-5,8H,13H2,1-3H3,(H,15,16). The molecule has 0 aliphatic carbocycles. The number of carbonyl (C=O) groups excluding carboxylic acids is 1. The van der Waals surface area contributed by atoms with E-state index in [0.717, 1.165) is 12.3 Å². The maximum atomic E-state index is 13.2. The van der Waals surface area contributed by atoms with Crippen molar-refractivity contribution in [3.8, 4) is 0 Å². The Kier molecular flexibility index (Phi) is 3.76. The topological polar surface area (TPSA) is 92.9 Å². The van der Waals surface area contributed by atoms with Crippen LogP contribution in [0.1, 0.15) is 20.8 Å². The second-order valence-corrected chi connectivity index (χ2v) is 4.75. The van der Waals surface area contributed by atoms with Crippen molar-refractivity contribution in [2.24, 2.45) is 5.73 Å². The van der Waals surface area contributed by atoms with Crippen molar-refractivity contribution >= 4 is 12.1 Å². The van der Waals surface area contributed by atoms with Crippen LogP contribution < -0.4 is 5.73 Å². The van der Waals surface area contributed by atoms with E-state index in [1.807, 2.05) is 0 Å². The SMILES string of the molecule is CC(C)(C)OC(=O)N1C=C(F)C=C(C(=O)O)C1N. The Morgan fingerprint density at radius 2 is 2.06 bits per heavy atom. The molecule has 1 heterocycles. The fourth-order valence-electron chi connectivity index (χ4n) is 1.30. The van der Waals surface area contributed by atoms with Crippen molar-refractivity contribution in [2.45, 2.75) is 32.5 Å². The Labute approximate surface area is 103 Å². The van der Waals surface area contributed by atoms with Gasteiger partial charge >= 0.3 is 12.1 Å². The summed E-state index contributed by atoms with van der Waals surface area (Å²) < 4.78 is 18.2. The number of carbonyl (C=O) groups is 2. The molecule has 0 spiro atoms. The molecule has 0 aromatic heterocycles. The lowest BCUT2D eigenvalue weighted by Gasteiger charge is -2.31. The van der Waals surface area contributed by atoms with Crippen molar-refractivity contribution in [2.75, 3.05) is 0 Å². The predicted octanol–water partition coefficient (Wildman–Crippen LogP) is 1.34. The molecule has 0 saturated carbocycles. The molecule has 0 aromatic carbocycles. The molecule has 0 saturated heterocycles. The van der Waals surface area contributed by atoms with E-state index in [4.69, 9.17) is 15.6 Å². The lowest BCUT2D eigenvalue weighted by Crippen LogP contribution is -2.48. The predicted molar refractivity (Wildman–Crippen MR) is 61.0 cm³/mol. The van der Waals surface area contributed by atoms with E-state index >= 15 is 0 Å². The molecule has 0 aromatic rings. The molecule has 1 rings (SSSR count). The third-order valence-corrected chi connectivity index (χ3v) is 2.03. The number of allylic oxidation sites excluding steroid dienone is 2. The lowest BCUT2D eigenvalue weighted by molar-refractivity contribution is -0.133. The number of nitrogens with zero attached hydrogens (tertiary/aromatic N) is 1.